The zero-order chi connectivity index (χ0) is 42.7. The second kappa shape index (κ2) is 20.0. The lowest BCUT2D eigenvalue weighted by Gasteiger charge is -2.48. The molecule has 1 amide bonds. The lowest BCUT2D eigenvalue weighted by molar-refractivity contribution is -0.147. The van der Waals surface area contributed by atoms with Crippen LogP contribution in [0.25, 0.3) is 6.08 Å². The van der Waals surface area contributed by atoms with Crippen LogP contribution in [0.1, 0.15) is 78.1 Å². The lowest BCUT2D eigenvalue weighted by Crippen LogP contribution is -2.55. The van der Waals surface area contributed by atoms with E-state index >= 15 is 0 Å². The molecule has 314 valence electrons. The third-order valence-electron chi connectivity index (χ3n) is 10.2. The number of carbonyl (C=O) groups is 2. The minimum absolute atomic E-state index is 0.250. The zero-order valence-electron chi connectivity index (χ0n) is 32.9. The molecule has 1 fully saturated rings. The highest BCUT2D eigenvalue weighted by Gasteiger charge is 2.50. The van der Waals surface area contributed by atoms with E-state index in [0.717, 1.165) is 53.6 Å². The summed E-state index contributed by atoms with van der Waals surface area (Å²) in [6, 6.07) is 36.0. The van der Waals surface area contributed by atoms with Crippen LogP contribution in [0.3, 0.4) is 0 Å². The number of hydrogen-bond donors (Lipinski definition) is 0. The summed E-state index contributed by atoms with van der Waals surface area (Å²) in [5.74, 6) is -2.42. The molecule has 5 aromatic rings. The molecule has 13 heteroatoms. The van der Waals surface area contributed by atoms with Crippen molar-refractivity contribution < 1.29 is 49.2 Å². The Kier molecular flexibility index (Phi) is 14.6. The van der Waals surface area contributed by atoms with Gasteiger partial charge >= 0.3 is 21.6 Å². The number of alkyl halides is 3. The number of hydrogen-bond acceptors (Lipinski definition) is 7. The van der Waals surface area contributed by atoms with E-state index in [-0.39, 0.29) is 18.7 Å². The van der Waals surface area contributed by atoms with E-state index in [9.17, 15) is 35.6 Å². The van der Waals surface area contributed by atoms with Crippen molar-refractivity contribution in [3.8, 4) is 5.75 Å². The number of ether oxygens (including phenoxy) is 2. The molecule has 5 aromatic carbocycles. The molecule has 6 rings (SSSR count). The molecule has 0 radical (unpaired) electrons. The SMILES string of the molecule is CC(=O)O[C@@H](CC[C@H]1C(=O)N(c2ccc(OS(=O)(=O)C(F)(F)F)cc2)[C@@H]1c1ccc(C/C=C/c2ccccc2CCCCOCc2ccccc2)cc1)c1ccc(F)cc1. The summed E-state index contributed by atoms with van der Waals surface area (Å²) in [6.07, 6.45) is 7.53. The number of amides is 1. The number of nitrogens with zero attached hydrogens (tertiary/aromatic N) is 1. The van der Waals surface area contributed by atoms with Gasteiger partial charge in [0, 0.05) is 19.2 Å². The first kappa shape index (κ1) is 43.8. The molecule has 0 bridgehead atoms. The largest absolute Gasteiger partial charge is 0.534 e. The number of anilines is 1. The molecule has 0 aromatic heterocycles. The summed E-state index contributed by atoms with van der Waals surface area (Å²) in [5.41, 5.74) is 0.646. The number of carbonyl (C=O) groups excluding carboxylic acids is 2. The van der Waals surface area contributed by atoms with Gasteiger partial charge in [-0.05, 0) is 108 Å². The van der Waals surface area contributed by atoms with E-state index < -0.39 is 51.2 Å². The predicted molar refractivity (Wildman–Crippen MR) is 221 cm³/mol. The van der Waals surface area contributed by atoms with Gasteiger partial charge in [-0.2, -0.15) is 21.6 Å². The molecule has 1 aliphatic heterocycles. The Morgan fingerprint density at radius 2 is 1.52 bits per heavy atom. The summed E-state index contributed by atoms with van der Waals surface area (Å²) >= 11 is 0. The van der Waals surface area contributed by atoms with E-state index in [0.29, 0.717) is 30.9 Å². The van der Waals surface area contributed by atoms with Crippen molar-refractivity contribution in [3.05, 3.63) is 173 Å². The highest BCUT2D eigenvalue weighted by atomic mass is 32.2. The van der Waals surface area contributed by atoms with Gasteiger partial charge in [0.1, 0.15) is 17.7 Å². The molecular weight excluding hydrogens is 799 g/mol. The average molecular weight is 844 g/mol. The Balaban J connectivity index is 1.13. The molecule has 0 saturated carbocycles. The molecule has 0 aliphatic carbocycles. The molecule has 1 aliphatic rings. The number of allylic oxidation sites excluding steroid dienone is 1. The van der Waals surface area contributed by atoms with Crippen molar-refractivity contribution in [1.82, 2.24) is 0 Å². The summed E-state index contributed by atoms with van der Waals surface area (Å²) in [4.78, 5) is 27.3. The summed E-state index contributed by atoms with van der Waals surface area (Å²) in [7, 11) is -5.89. The fraction of sp³-hybridized carbons (Fsp3) is 0.277. The van der Waals surface area contributed by atoms with Crippen LogP contribution in [0.4, 0.5) is 23.2 Å². The zero-order valence-corrected chi connectivity index (χ0v) is 33.7. The maximum Gasteiger partial charge on any atom is 0.534 e. The van der Waals surface area contributed by atoms with Crippen molar-refractivity contribution in [1.29, 1.82) is 0 Å². The normalized spacial score (nSPS) is 16.1. The van der Waals surface area contributed by atoms with Gasteiger partial charge in [0.05, 0.1) is 18.6 Å². The Hall–Kier alpha value is -5.79. The van der Waals surface area contributed by atoms with Crippen LogP contribution >= 0.6 is 0 Å². The van der Waals surface area contributed by atoms with Crippen LogP contribution in [-0.4, -0.2) is 32.4 Å². The standard InChI is InChI=1S/C47H45F4NO7S/c1-33(53)58-44(38-21-23-40(48)24-22-38)30-29-43-45(52(46(43)54)41-25-27-42(28-26-41)59-60(55,56)47(49,50)51)39-19-17-34(18-20-39)12-9-16-37-14-6-5-13-36(37)15-7-8-31-57-32-35-10-3-2-4-11-35/h2-6,9-11,13-14,16-28,43-45H,7-8,12,15,29-32H2,1H3/b16-9+/t43-,44+,45-/m1/s1. The second-order valence-electron chi connectivity index (χ2n) is 14.5. The fourth-order valence-electron chi connectivity index (χ4n) is 7.22. The van der Waals surface area contributed by atoms with Crippen LogP contribution in [0.2, 0.25) is 0 Å². The highest BCUT2D eigenvalue weighted by Crippen LogP contribution is 2.47. The minimum Gasteiger partial charge on any atom is -0.458 e. The fourth-order valence-corrected chi connectivity index (χ4v) is 7.68. The van der Waals surface area contributed by atoms with Crippen LogP contribution < -0.4 is 9.08 Å². The predicted octanol–water partition coefficient (Wildman–Crippen LogP) is 10.6. The number of rotatable bonds is 19. The van der Waals surface area contributed by atoms with E-state index in [4.69, 9.17) is 9.47 Å². The minimum atomic E-state index is -5.89. The maximum absolute atomic E-state index is 13.8. The first-order valence-electron chi connectivity index (χ1n) is 19.6. The first-order chi connectivity index (χ1) is 28.8. The quantitative estimate of drug-likeness (QED) is 0.0204. The van der Waals surface area contributed by atoms with Crippen LogP contribution in [0.15, 0.2) is 133 Å². The first-order valence-corrected chi connectivity index (χ1v) is 21.0. The van der Waals surface area contributed by atoms with E-state index in [1.807, 2.05) is 54.6 Å². The third kappa shape index (κ3) is 11.5. The molecule has 3 atom stereocenters. The number of aryl methyl sites for hydroxylation is 1. The van der Waals surface area contributed by atoms with Crippen LogP contribution in [-0.2, 0) is 48.6 Å². The number of halogens is 4. The second-order valence-corrected chi connectivity index (χ2v) is 16.0. The Morgan fingerprint density at radius 3 is 2.20 bits per heavy atom. The van der Waals surface area contributed by atoms with Crippen LogP contribution in [0, 0.1) is 11.7 Å². The van der Waals surface area contributed by atoms with Gasteiger partial charge in [0.15, 0.2) is 0 Å². The van der Waals surface area contributed by atoms with Gasteiger partial charge in [-0.15, -0.1) is 0 Å². The van der Waals surface area contributed by atoms with Crippen molar-refractivity contribution in [2.24, 2.45) is 5.92 Å². The molecular formula is C47H45F4NO7S. The summed E-state index contributed by atoms with van der Waals surface area (Å²) < 4.78 is 91.3. The Bertz CT molecular complexity index is 2340. The topological polar surface area (TPSA) is 99.2 Å². The van der Waals surface area contributed by atoms with Gasteiger partial charge < -0.3 is 18.6 Å². The van der Waals surface area contributed by atoms with Crippen LogP contribution in [0.5, 0.6) is 5.75 Å². The van der Waals surface area contributed by atoms with Crippen molar-refractivity contribution in [3.63, 3.8) is 0 Å². The van der Waals surface area contributed by atoms with Gasteiger partial charge in [-0.3, -0.25) is 9.59 Å². The molecule has 0 unspecified atom stereocenters. The smallest absolute Gasteiger partial charge is 0.458 e. The molecule has 1 heterocycles. The number of benzene rings is 5. The molecule has 1 saturated heterocycles. The molecule has 0 N–H and O–H groups in total. The molecule has 0 spiro atoms. The Morgan fingerprint density at radius 1 is 0.833 bits per heavy atom. The maximum atomic E-state index is 13.8. The van der Waals surface area contributed by atoms with Crippen molar-refractivity contribution in [2.45, 2.75) is 69.7 Å². The summed E-state index contributed by atoms with van der Waals surface area (Å²) in [6.45, 7) is 2.57. The number of unbranched alkanes of at least 4 members (excludes halogenated alkanes) is 1. The van der Waals surface area contributed by atoms with E-state index in [1.54, 1.807) is 0 Å². The lowest BCUT2D eigenvalue weighted by atomic mass is 9.78. The third-order valence-corrected chi connectivity index (χ3v) is 11.2. The summed E-state index contributed by atoms with van der Waals surface area (Å²) in [5, 5.41) is 0. The number of esters is 1. The molecule has 60 heavy (non-hydrogen) atoms. The Labute approximate surface area is 347 Å². The van der Waals surface area contributed by atoms with E-state index in [2.05, 4.69) is 40.6 Å². The van der Waals surface area contributed by atoms with Gasteiger partial charge in [-0.1, -0.05) is 103 Å². The average Bonchev–Trinajstić information content (AvgIpc) is 3.22. The molecule has 8 nitrogen and oxygen atoms in total. The van der Waals surface area contributed by atoms with Gasteiger partial charge in [-0.25, -0.2) is 4.39 Å². The van der Waals surface area contributed by atoms with Gasteiger partial charge in [0.25, 0.3) is 0 Å². The van der Waals surface area contributed by atoms with Crippen molar-refractivity contribution in [2.75, 3.05) is 11.5 Å². The van der Waals surface area contributed by atoms with E-state index in [1.165, 1.54) is 53.8 Å². The van der Waals surface area contributed by atoms with Crippen molar-refractivity contribution >= 4 is 33.8 Å². The monoisotopic (exact) mass is 843 g/mol. The highest BCUT2D eigenvalue weighted by molar-refractivity contribution is 7.88. The van der Waals surface area contributed by atoms with Gasteiger partial charge in [0.2, 0.25) is 5.91 Å². The number of β-lactam (4-membered cyclic amide) rings is 1.